The number of likely N-dealkylation sites (N-methyl/N-ethyl adjacent to an activating group) is 1. The summed E-state index contributed by atoms with van der Waals surface area (Å²) in [4.78, 5) is 17.4. The zero-order valence-corrected chi connectivity index (χ0v) is 14.0. The lowest BCUT2D eigenvalue weighted by Gasteiger charge is -2.32. The maximum absolute atomic E-state index is 12.5. The van der Waals surface area contributed by atoms with Gasteiger partial charge in [-0.1, -0.05) is 48.0 Å². The van der Waals surface area contributed by atoms with Gasteiger partial charge in [-0.15, -0.1) is 0 Å². The summed E-state index contributed by atoms with van der Waals surface area (Å²) in [5, 5.41) is 0. The van der Waals surface area contributed by atoms with Gasteiger partial charge in [-0.2, -0.15) is 0 Å². The molecular formula is C20H24N2O. The first-order valence-electron chi connectivity index (χ1n) is 8.23. The molecule has 1 aliphatic heterocycles. The monoisotopic (exact) mass is 308 g/mol. The lowest BCUT2D eigenvalue weighted by molar-refractivity contribution is 0.103. The third-order valence-electron chi connectivity index (χ3n) is 4.50. The van der Waals surface area contributed by atoms with E-state index in [1.165, 1.54) is 5.56 Å². The molecule has 0 unspecified atom stereocenters. The van der Waals surface area contributed by atoms with Crippen molar-refractivity contribution < 1.29 is 4.79 Å². The van der Waals surface area contributed by atoms with Crippen molar-refractivity contribution in [3.05, 3.63) is 70.8 Å². The fourth-order valence-electron chi connectivity index (χ4n) is 2.98. The molecule has 0 N–H and O–H groups in total. The highest BCUT2D eigenvalue weighted by molar-refractivity contribution is 6.09. The first kappa shape index (κ1) is 15.9. The average molecular weight is 308 g/mol. The van der Waals surface area contributed by atoms with E-state index < -0.39 is 0 Å². The molecule has 1 saturated heterocycles. The van der Waals surface area contributed by atoms with Crippen LogP contribution in [0.15, 0.2) is 48.5 Å². The van der Waals surface area contributed by atoms with Crippen LogP contribution in [0.1, 0.15) is 27.0 Å². The smallest absolute Gasteiger partial charge is 0.193 e. The number of ketones is 1. The van der Waals surface area contributed by atoms with Gasteiger partial charge in [0, 0.05) is 43.9 Å². The number of rotatable bonds is 4. The Labute approximate surface area is 138 Å². The Hall–Kier alpha value is -1.97. The van der Waals surface area contributed by atoms with Gasteiger partial charge in [-0.3, -0.25) is 9.69 Å². The molecule has 0 spiro atoms. The van der Waals surface area contributed by atoms with E-state index in [1.807, 2.05) is 43.3 Å². The van der Waals surface area contributed by atoms with Gasteiger partial charge in [0.05, 0.1) is 0 Å². The molecule has 0 radical (unpaired) electrons. The predicted molar refractivity (Wildman–Crippen MR) is 93.8 cm³/mol. The van der Waals surface area contributed by atoms with Crippen molar-refractivity contribution in [3.63, 3.8) is 0 Å². The number of nitrogens with zero attached hydrogens (tertiary/aromatic N) is 2. The number of hydrogen-bond acceptors (Lipinski definition) is 3. The van der Waals surface area contributed by atoms with Crippen LogP contribution in [0.2, 0.25) is 0 Å². The van der Waals surface area contributed by atoms with Crippen molar-refractivity contribution in [2.45, 2.75) is 13.5 Å². The Bertz CT molecular complexity index is 670. The van der Waals surface area contributed by atoms with E-state index in [0.29, 0.717) is 0 Å². The van der Waals surface area contributed by atoms with Crippen molar-refractivity contribution in [2.24, 2.45) is 0 Å². The molecule has 0 saturated carbocycles. The highest BCUT2D eigenvalue weighted by Gasteiger charge is 2.14. The first-order chi connectivity index (χ1) is 11.1. The summed E-state index contributed by atoms with van der Waals surface area (Å²) in [6, 6.07) is 15.9. The second-order valence-corrected chi connectivity index (χ2v) is 6.47. The highest BCUT2D eigenvalue weighted by atomic mass is 16.1. The zero-order valence-electron chi connectivity index (χ0n) is 14.0. The molecular weight excluding hydrogens is 284 g/mol. The maximum atomic E-state index is 12.5. The van der Waals surface area contributed by atoms with Crippen LogP contribution in [0.25, 0.3) is 0 Å². The van der Waals surface area contributed by atoms with Crippen molar-refractivity contribution in [1.29, 1.82) is 0 Å². The molecule has 3 heteroatoms. The molecule has 1 aliphatic rings. The van der Waals surface area contributed by atoms with Gasteiger partial charge in [0.15, 0.2) is 5.78 Å². The molecule has 0 amide bonds. The van der Waals surface area contributed by atoms with Crippen LogP contribution >= 0.6 is 0 Å². The molecule has 3 rings (SSSR count). The number of piperazine rings is 1. The number of hydrogen-bond donors (Lipinski definition) is 0. The Morgan fingerprint density at radius 3 is 2.30 bits per heavy atom. The van der Waals surface area contributed by atoms with Crippen LogP contribution in [0.4, 0.5) is 0 Å². The summed E-state index contributed by atoms with van der Waals surface area (Å²) >= 11 is 0. The molecule has 120 valence electrons. The number of aryl methyl sites for hydroxylation is 1. The third kappa shape index (κ3) is 4.06. The average Bonchev–Trinajstić information content (AvgIpc) is 2.57. The van der Waals surface area contributed by atoms with Crippen LogP contribution < -0.4 is 0 Å². The Kier molecular flexibility index (Phi) is 4.89. The van der Waals surface area contributed by atoms with Crippen LogP contribution in [-0.4, -0.2) is 48.8 Å². The van der Waals surface area contributed by atoms with E-state index in [9.17, 15) is 4.79 Å². The SMILES string of the molecule is Cc1cccc(C(=O)c2ccc(CN3CCN(C)CC3)cc2)c1. The van der Waals surface area contributed by atoms with Crippen molar-refractivity contribution in [2.75, 3.05) is 33.2 Å². The van der Waals surface area contributed by atoms with Gasteiger partial charge in [-0.25, -0.2) is 0 Å². The number of benzene rings is 2. The molecule has 1 fully saturated rings. The summed E-state index contributed by atoms with van der Waals surface area (Å²) in [7, 11) is 2.17. The highest BCUT2D eigenvalue weighted by Crippen LogP contribution is 2.14. The molecule has 0 aliphatic carbocycles. The Balaban J connectivity index is 1.66. The van der Waals surface area contributed by atoms with E-state index >= 15 is 0 Å². The minimum atomic E-state index is 0.0971. The minimum absolute atomic E-state index is 0.0971. The van der Waals surface area contributed by atoms with E-state index in [1.54, 1.807) is 0 Å². The Morgan fingerprint density at radius 2 is 1.65 bits per heavy atom. The Morgan fingerprint density at radius 1 is 0.957 bits per heavy atom. The molecule has 3 nitrogen and oxygen atoms in total. The summed E-state index contributed by atoms with van der Waals surface area (Å²) in [6.45, 7) is 7.46. The predicted octanol–water partition coefficient (Wildman–Crippen LogP) is 2.97. The van der Waals surface area contributed by atoms with Gasteiger partial charge in [0.2, 0.25) is 0 Å². The topological polar surface area (TPSA) is 23.6 Å². The summed E-state index contributed by atoms with van der Waals surface area (Å²) in [5.74, 6) is 0.0971. The maximum Gasteiger partial charge on any atom is 0.193 e. The normalized spacial score (nSPS) is 16.4. The summed E-state index contributed by atoms with van der Waals surface area (Å²) < 4.78 is 0. The van der Waals surface area contributed by atoms with Gasteiger partial charge in [0.1, 0.15) is 0 Å². The van der Waals surface area contributed by atoms with Gasteiger partial charge < -0.3 is 4.90 Å². The molecule has 1 heterocycles. The first-order valence-corrected chi connectivity index (χ1v) is 8.23. The minimum Gasteiger partial charge on any atom is -0.304 e. The lowest BCUT2D eigenvalue weighted by atomic mass is 10.0. The summed E-state index contributed by atoms with van der Waals surface area (Å²) in [6.07, 6.45) is 0. The fraction of sp³-hybridized carbons (Fsp3) is 0.350. The van der Waals surface area contributed by atoms with Crippen molar-refractivity contribution in [1.82, 2.24) is 9.80 Å². The molecule has 0 bridgehead atoms. The van der Waals surface area contributed by atoms with E-state index in [0.717, 1.165) is 49.4 Å². The van der Waals surface area contributed by atoms with Crippen molar-refractivity contribution in [3.8, 4) is 0 Å². The van der Waals surface area contributed by atoms with Gasteiger partial charge in [-0.05, 0) is 25.6 Å². The summed E-state index contributed by atoms with van der Waals surface area (Å²) in [5.41, 5.74) is 3.91. The van der Waals surface area contributed by atoms with E-state index in [4.69, 9.17) is 0 Å². The standard InChI is InChI=1S/C20H24N2O/c1-16-4-3-5-19(14-16)20(23)18-8-6-17(7-9-18)15-22-12-10-21(2)11-13-22/h3-9,14H,10-13,15H2,1-2H3. The van der Waals surface area contributed by atoms with Gasteiger partial charge >= 0.3 is 0 Å². The quantitative estimate of drug-likeness (QED) is 0.811. The van der Waals surface area contributed by atoms with E-state index in [-0.39, 0.29) is 5.78 Å². The third-order valence-corrected chi connectivity index (χ3v) is 4.50. The van der Waals surface area contributed by atoms with Crippen LogP contribution in [0.5, 0.6) is 0 Å². The van der Waals surface area contributed by atoms with Crippen LogP contribution in [0.3, 0.4) is 0 Å². The molecule has 2 aromatic carbocycles. The number of carbonyl (C=O) groups excluding carboxylic acids is 1. The van der Waals surface area contributed by atoms with Crippen LogP contribution in [0, 0.1) is 6.92 Å². The van der Waals surface area contributed by atoms with Crippen molar-refractivity contribution >= 4 is 5.78 Å². The molecule has 2 aromatic rings. The van der Waals surface area contributed by atoms with Crippen LogP contribution in [-0.2, 0) is 6.54 Å². The molecule has 0 aromatic heterocycles. The molecule has 0 atom stereocenters. The van der Waals surface area contributed by atoms with Gasteiger partial charge in [0.25, 0.3) is 0 Å². The fourth-order valence-corrected chi connectivity index (χ4v) is 2.98. The lowest BCUT2D eigenvalue weighted by Crippen LogP contribution is -2.43. The largest absolute Gasteiger partial charge is 0.304 e. The second kappa shape index (κ2) is 7.07. The zero-order chi connectivity index (χ0) is 16.2. The van der Waals surface area contributed by atoms with E-state index in [2.05, 4.69) is 29.0 Å². The molecule has 23 heavy (non-hydrogen) atoms. The second-order valence-electron chi connectivity index (χ2n) is 6.47. The number of carbonyl (C=O) groups is 1.